The quantitative estimate of drug-likeness (QED) is 0.285. The molecule has 0 spiro atoms. The average molecular weight is 637 g/mol. The van der Waals surface area contributed by atoms with Crippen LogP contribution in [0.15, 0.2) is 66.7 Å². The minimum atomic E-state index is -3.97. The minimum Gasteiger partial charge on any atom is -0.493 e. The SMILES string of the molecule is COc1ccc(N(CC(=O)N(Cc2c(Cl)cccc2Cl)[C@@H](Cc2ccccc2)C(=O)NC(C)C)S(C)(=O)=O)cc1OC. The van der Waals surface area contributed by atoms with Crippen molar-refractivity contribution in [1.82, 2.24) is 10.2 Å². The van der Waals surface area contributed by atoms with E-state index in [1.807, 2.05) is 44.2 Å². The topological polar surface area (TPSA) is 105 Å². The van der Waals surface area contributed by atoms with Gasteiger partial charge in [-0.2, -0.15) is 0 Å². The van der Waals surface area contributed by atoms with Crippen LogP contribution in [0.5, 0.6) is 11.5 Å². The number of halogens is 2. The lowest BCUT2D eigenvalue weighted by Gasteiger charge is -2.34. The molecule has 0 heterocycles. The number of carbonyl (C=O) groups excluding carboxylic acids is 2. The number of hydrogen-bond donors (Lipinski definition) is 1. The Morgan fingerprint density at radius 1 is 0.905 bits per heavy atom. The van der Waals surface area contributed by atoms with Gasteiger partial charge in [-0.15, -0.1) is 0 Å². The van der Waals surface area contributed by atoms with Crippen molar-refractivity contribution < 1.29 is 27.5 Å². The molecule has 3 aromatic rings. The molecule has 0 aromatic heterocycles. The van der Waals surface area contributed by atoms with Crippen molar-refractivity contribution >= 4 is 50.7 Å². The first kappa shape index (κ1) is 33.0. The highest BCUT2D eigenvalue weighted by molar-refractivity contribution is 7.92. The molecule has 0 saturated heterocycles. The molecule has 226 valence electrons. The van der Waals surface area contributed by atoms with Crippen molar-refractivity contribution in [3.63, 3.8) is 0 Å². The molecular formula is C30H35Cl2N3O6S. The van der Waals surface area contributed by atoms with E-state index in [0.717, 1.165) is 16.1 Å². The van der Waals surface area contributed by atoms with E-state index >= 15 is 0 Å². The third-order valence-corrected chi connectivity index (χ3v) is 8.28. The van der Waals surface area contributed by atoms with Gasteiger partial charge in [0.05, 0.1) is 26.2 Å². The molecule has 3 rings (SSSR count). The van der Waals surface area contributed by atoms with Crippen molar-refractivity contribution in [2.75, 3.05) is 31.3 Å². The Labute approximate surface area is 257 Å². The van der Waals surface area contributed by atoms with Crippen LogP contribution in [0.4, 0.5) is 5.69 Å². The van der Waals surface area contributed by atoms with Gasteiger partial charge in [0.1, 0.15) is 12.6 Å². The van der Waals surface area contributed by atoms with Gasteiger partial charge < -0.3 is 19.7 Å². The first-order chi connectivity index (χ1) is 19.8. The molecular weight excluding hydrogens is 601 g/mol. The first-order valence-electron chi connectivity index (χ1n) is 13.1. The van der Waals surface area contributed by atoms with E-state index in [4.69, 9.17) is 32.7 Å². The van der Waals surface area contributed by atoms with E-state index in [1.165, 1.54) is 31.3 Å². The van der Waals surface area contributed by atoms with Crippen molar-refractivity contribution in [1.29, 1.82) is 0 Å². The maximum atomic E-state index is 14.2. The largest absolute Gasteiger partial charge is 0.493 e. The number of nitrogens with one attached hydrogen (secondary N) is 1. The number of anilines is 1. The predicted molar refractivity (Wildman–Crippen MR) is 166 cm³/mol. The second-order valence-corrected chi connectivity index (χ2v) is 12.6. The number of carbonyl (C=O) groups is 2. The van der Waals surface area contributed by atoms with Gasteiger partial charge >= 0.3 is 0 Å². The summed E-state index contributed by atoms with van der Waals surface area (Å²) in [5.74, 6) is -0.355. The van der Waals surface area contributed by atoms with Crippen LogP contribution in [0.2, 0.25) is 10.0 Å². The minimum absolute atomic E-state index is 0.135. The molecule has 0 radical (unpaired) electrons. The molecule has 0 fully saturated rings. The molecule has 1 atom stereocenters. The number of sulfonamides is 1. The zero-order valence-electron chi connectivity index (χ0n) is 24.1. The Balaban J connectivity index is 2.12. The second-order valence-electron chi connectivity index (χ2n) is 9.90. The van der Waals surface area contributed by atoms with E-state index in [2.05, 4.69) is 5.32 Å². The fourth-order valence-electron chi connectivity index (χ4n) is 4.38. The molecule has 0 aliphatic carbocycles. The number of ether oxygens (including phenoxy) is 2. The van der Waals surface area contributed by atoms with Crippen LogP contribution >= 0.6 is 23.2 Å². The van der Waals surface area contributed by atoms with Gasteiger partial charge in [0.25, 0.3) is 0 Å². The highest BCUT2D eigenvalue weighted by atomic mass is 35.5. The summed E-state index contributed by atoms with van der Waals surface area (Å²) in [6.07, 6.45) is 1.17. The number of methoxy groups -OCH3 is 2. The zero-order chi connectivity index (χ0) is 31.0. The lowest BCUT2D eigenvalue weighted by Crippen LogP contribution is -2.54. The highest BCUT2D eigenvalue weighted by Crippen LogP contribution is 2.33. The van der Waals surface area contributed by atoms with Gasteiger partial charge in [0, 0.05) is 40.7 Å². The normalized spacial score (nSPS) is 12.0. The van der Waals surface area contributed by atoms with Crippen molar-refractivity contribution in [2.24, 2.45) is 0 Å². The standard InChI is InChI=1S/C30H35Cl2N3O6S/c1-20(2)33-30(37)26(16-21-10-7-6-8-11-21)34(18-23-24(31)12-9-13-25(23)32)29(36)19-35(42(5,38)39)22-14-15-27(40-3)28(17-22)41-4/h6-15,17,20,26H,16,18-19H2,1-5H3,(H,33,37)/t26-/m0/s1. The van der Waals surface area contributed by atoms with Gasteiger partial charge in [-0.25, -0.2) is 8.42 Å². The summed E-state index contributed by atoms with van der Waals surface area (Å²) in [5.41, 5.74) is 1.43. The molecule has 0 aliphatic rings. The van der Waals surface area contributed by atoms with E-state index in [1.54, 1.807) is 24.3 Å². The van der Waals surface area contributed by atoms with Crippen LogP contribution in [0, 0.1) is 0 Å². The van der Waals surface area contributed by atoms with Crippen LogP contribution in [0.1, 0.15) is 25.0 Å². The maximum Gasteiger partial charge on any atom is 0.244 e. The monoisotopic (exact) mass is 635 g/mol. The van der Waals surface area contributed by atoms with Crippen molar-refractivity contribution in [3.05, 3.63) is 87.9 Å². The molecule has 12 heteroatoms. The average Bonchev–Trinajstić information content (AvgIpc) is 2.94. The molecule has 0 unspecified atom stereocenters. The van der Waals surface area contributed by atoms with E-state index in [9.17, 15) is 18.0 Å². The third kappa shape index (κ3) is 8.53. The Bertz CT molecular complexity index is 1480. The molecule has 0 bridgehead atoms. The molecule has 0 saturated carbocycles. The molecule has 1 N–H and O–H groups in total. The van der Waals surface area contributed by atoms with Crippen molar-refractivity contribution in [2.45, 2.75) is 38.9 Å². The Hall–Kier alpha value is -3.47. The van der Waals surface area contributed by atoms with Gasteiger partial charge in [-0.05, 0) is 43.7 Å². The van der Waals surface area contributed by atoms with Crippen LogP contribution in [-0.2, 0) is 32.6 Å². The van der Waals surface area contributed by atoms with Crippen LogP contribution < -0.4 is 19.1 Å². The van der Waals surface area contributed by atoms with E-state index < -0.39 is 34.4 Å². The fourth-order valence-corrected chi connectivity index (χ4v) is 5.74. The van der Waals surface area contributed by atoms with Crippen molar-refractivity contribution in [3.8, 4) is 11.5 Å². The summed E-state index contributed by atoms with van der Waals surface area (Å²) in [4.78, 5) is 29.2. The smallest absolute Gasteiger partial charge is 0.244 e. The van der Waals surface area contributed by atoms with Gasteiger partial charge in [0.15, 0.2) is 11.5 Å². The summed E-state index contributed by atoms with van der Waals surface area (Å²) in [6.45, 7) is 2.90. The van der Waals surface area contributed by atoms with E-state index in [-0.39, 0.29) is 30.4 Å². The van der Waals surface area contributed by atoms with Crippen LogP contribution in [-0.4, -0.2) is 64.2 Å². The molecule has 0 aliphatic heterocycles. The summed E-state index contributed by atoms with van der Waals surface area (Å²) >= 11 is 13.0. The lowest BCUT2D eigenvalue weighted by atomic mass is 10.0. The molecule has 2 amide bonds. The van der Waals surface area contributed by atoms with Gasteiger partial charge in [-0.3, -0.25) is 13.9 Å². The maximum absolute atomic E-state index is 14.2. The van der Waals surface area contributed by atoms with E-state index in [0.29, 0.717) is 21.4 Å². The third-order valence-electron chi connectivity index (χ3n) is 6.43. The lowest BCUT2D eigenvalue weighted by molar-refractivity contribution is -0.140. The highest BCUT2D eigenvalue weighted by Gasteiger charge is 2.34. The Kier molecular flexibility index (Phi) is 11.5. The summed E-state index contributed by atoms with van der Waals surface area (Å²) < 4.78 is 37.6. The Morgan fingerprint density at radius 2 is 1.52 bits per heavy atom. The van der Waals surface area contributed by atoms with Crippen LogP contribution in [0.3, 0.4) is 0 Å². The van der Waals surface area contributed by atoms with Crippen LogP contribution in [0.25, 0.3) is 0 Å². The summed E-state index contributed by atoms with van der Waals surface area (Å²) in [6, 6.07) is 17.5. The number of amides is 2. The first-order valence-corrected chi connectivity index (χ1v) is 15.7. The fraction of sp³-hybridized carbons (Fsp3) is 0.333. The summed E-state index contributed by atoms with van der Waals surface area (Å²) in [5, 5.41) is 3.51. The number of hydrogen-bond acceptors (Lipinski definition) is 6. The molecule has 9 nitrogen and oxygen atoms in total. The predicted octanol–water partition coefficient (Wildman–Crippen LogP) is 4.94. The Morgan fingerprint density at radius 3 is 2.07 bits per heavy atom. The number of benzene rings is 3. The second kappa shape index (κ2) is 14.6. The van der Waals surface area contributed by atoms with Gasteiger partial charge in [0.2, 0.25) is 21.8 Å². The number of rotatable bonds is 13. The molecule has 3 aromatic carbocycles. The zero-order valence-corrected chi connectivity index (χ0v) is 26.5. The summed E-state index contributed by atoms with van der Waals surface area (Å²) in [7, 11) is -1.08. The van der Waals surface area contributed by atoms with Gasteiger partial charge in [-0.1, -0.05) is 59.6 Å². The number of nitrogens with zero attached hydrogens (tertiary/aromatic N) is 2. The molecule has 42 heavy (non-hydrogen) atoms.